The van der Waals surface area contributed by atoms with E-state index in [0.29, 0.717) is 5.11 Å². The molecular weight excluding hydrogens is 336 g/mol. The molecule has 2 aromatic rings. The Balaban J connectivity index is 1.67. The van der Waals surface area contributed by atoms with Crippen LogP contribution in [0, 0.1) is 6.92 Å². The van der Waals surface area contributed by atoms with Crippen molar-refractivity contribution in [3.05, 3.63) is 46.7 Å². The number of rotatable bonds is 5. The third-order valence-corrected chi connectivity index (χ3v) is 3.79. The Hall–Kier alpha value is -1.40. The Bertz CT molecular complexity index is 548. The standard InChI is InChI=1S/C14H17BrN4S/c1-11-13(15)10-19(18-11)9-5-8-16-14(20)17-12-6-3-2-4-7-12/h2-4,6-7,10H,5,8-9H2,1H3,(H2,16,17,20). The number of benzene rings is 1. The zero-order valence-electron chi connectivity index (χ0n) is 11.3. The first-order valence-corrected chi connectivity index (χ1v) is 7.65. The molecule has 0 aliphatic heterocycles. The molecule has 0 bridgehead atoms. The van der Waals surface area contributed by atoms with E-state index < -0.39 is 0 Å². The number of nitrogens with zero attached hydrogens (tertiary/aromatic N) is 2. The van der Waals surface area contributed by atoms with Gasteiger partial charge in [0, 0.05) is 25.0 Å². The van der Waals surface area contributed by atoms with Gasteiger partial charge in [0.15, 0.2) is 5.11 Å². The fourth-order valence-electron chi connectivity index (χ4n) is 1.75. The molecule has 0 aliphatic rings. The molecule has 6 heteroatoms. The zero-order valence-corrected chi connectivity index (χ0v) is 13.7. The Morgan fingerprint density at radius 3 is 2.75 bits per heavy atom. The molecule has 1 aromatic heterocycles. The highest BCUT2D eigenvalue weighted by molar-refractivity contribution is 9.10. The Kier molecular flexibility index (Phi) is 5.55. The number of aryl methyl sites for hydroxylation is 2. The van der Waals surface area contributed by atoms with E-state index in [1.807, 2.05) is 48.1 Å². The van der Waals surface area contributed by atoms with Crippen LogP contribution in [-0.4, -0.2) is 21.4 Å². The number of anilines is 1. The van der Waals surface area contributed by atoms with Gasteiger partial charge < -0.3 is 10.6 Å². The summed E-state index contributed by atoms with van der Waals surface area (Å²) in [5.41, 5.74) is 2.01. The topological polar surface area (TPSA) is 41.9 Å². The first kappa shape index (κ1) is 15.0. The maximum absolute atomic E-state index is 5.24. The molecule has 106 valence electrons. The molecule has 0 fully saturated rings. The molecule has 0 atom stereocenters. The van der Waals surface area contributed by atoms with Gasteiger partial charge in [-0.25, -0.2) is 0 Å². The third kappa shape index (κ3) is 4.61. The van der Waals surface area contributed by atoms with Gasteiger partial charge in [-0.3, -0.25) is 4.68 Å². The molecular formula is C14H17BrN4S. The molecule has 1 heterocycles. The molecule has 0 saturated carbocycles. The van der Waals surface area contributed by atoms with E-state index in [4.69, 9.17) is 12.2 Å². The van der Waals surface area contributed by atoms with E-state index in [9.17, 15) is 0 Å². The first-order valence-electron chi connectivity index (χ1n) is 6.44. The molecule has 0 saturated heterocycles. The van der Waals surface area contributed by atoms with Crippen LogP contribution < -0.4 is 10.6 Å². The second-order valence-electron chi connectivity index (χ2n) is 4.43. The predicted molar refractivity (Wildman–Crippen MR) is 89.9 cm³/mol. The average molecular weight is 353 g/mol. The number of hydrogen-bond acceptors (Lipinski definition) is 2. The number of para-hydroxylation sites is 1. The van der Waals surface area contributed by atoms with Crippen molar-refractivity contribution in [2.45, 2.75) is 19.9 Å². The van der Waals surface area contributed by atoms with E-state index >= 15 is 0 Å². The van der Waals surface area contributed by atoms with Gasteiger partial charge in [0.1, 0.15) is 0 Å². The second kappa shape index (κ2) is 7.40. The van der Waals surface area contributed by atoms with Gasteiger partial charge in [-0.15, -0.1) is 0 Å². The third-order valence-electron chi connectivity index (χ3n) is 2.77. The fraction of sp³-hybridized carbons (Fsp3) is 0.286. The Morgan fingerprint density at radius 1 is 1.35 bits per heavy atom. The van der Waals surface area contributed by atoms with Crippen LogP contribution in [0.25, 0.3) is 0 Å². The number of aromatic nitrogens is 2. The number of halogens is 1. The van der Waals surface area contributed by atoms with Gasteiger partial charge in [-0.2, -0.15) is 5.10 Å². The monoisotopic (exact) mass is 352 g/mol. The van der Waals surface area contributed by atoms with Crippen molar-refractivity contribution in [2.24, 2.45) is 0 Å². The normalized spacial score (nSPS) is 10.3. The van der Waals surface area contributed by atoms with E-state index in [1.54, 1.807) is 0 Å². The van der Waals surface area contributed by atoms with E-state index in [1.165, 1.54) is 0 Å². The van der Waals surface area contributed by atoms with Gasteiger partial charge >= 0.3 is 0 Å². The molecule has 1 aromatic carbocycles. The predicted octanol–water partition coefficient (Wildman–Crippen LogP) is 3.33. The van der Waals surface area contributed by atoms with Crippen molar-refractivity contribution in [1.82, 2.24) is 15.1 Å². The van der Waals surface area contributed by atoms with Crippen LogP contribution in [0.1, 0.15) is 12.1 Å². The van der Waals surface area contributed by atoms with Crippen molar-refractivity contribution in [3.8, 4) is 0 Å². The SMILES string of the molecule is Cc1nn(CCCNC(=S)Nc2ccccc2)cc1Br. The summed E-state index contributed by atoms with van der Waals surface area (Å²) in [6, 6.07) is 9.90. The number of nitrogens with one attached hydrogen (secondary N) is 2. The lowest BCUT2D eigenvalue weighted by Crippen LogP contribution is -2.29. The minimum absolute atomic E-state index is 0.647. The van der Waals surface area contributed by atoms with Crippen LogP contribution in [0.2, 0.25) is 0 Å². The highest BCUT2D eigenvalue weighted by Crippen LogP contribution is 2.13. The number of thiocarbonyl (C=S) groups is 1. The first-order chi connectivity index (χ1) is 9.65. The summed E-state index contributed by atoms with van der Waals surface area (Å²) in [5.74, 6) is 0. The van der Waals surface area contributed by atoms with Gasteiger partial charge in [0.25, 0.3) is 0 Å². The van der Waals surface area contributed by atoms with Crippen molar-refractivity contribution in [3.63, 3.8) is 0 Å². The minimum atomic E-state index is 0.647. The number of hydrogen-bond donors (Lipinski definition) is 2. The zero-order chi connectivity index (χ0) is 14.4. The highest BCUT2D eigenvalue weighted by Gasteiger charge is 2.01. The van der Waals surface area contributed by atoms with Gasteiger partial charge in [-0.05, 0) is 53.6 Å². The maximum atomic E-state index is 5.24. The summed E-state index contributed by atoms with van der Waals surface area (Å²) in [6.45, 7) is 3.67. The molecule has 20 heavy (non-hydrogen) atoms. The smallest absolute Gasteiger partial charge is 0.170 e. The maximum Gasteiger partial charge on any atom is 0.170 e. The molecule has 0 aliphatic carbocycles. The summed E-state index contributed by atoms with van der Waals surface area (Å²) < 4.78 is 2.99. The van der Waals surface area contributed by atoms with Crippen LogP contribution in [0.3, 0.4) is 0 Å². The molecule has 4 nitrogen and oxygen atoms in total. The van der Waals surface area contributed by atoms with Crippen molar-refractivity contribution < 1.29 is 0 Å². The van der Waals surface area contributed by atoms with Crippen molar-refractivity contribution in [2.75, 3.05) is 11.9 Å². The Morgan fingerprint density at radius 2 is 2.10 bits per heavy atom. The average Bonchev–Trinajstić information content (AvgIpc) is 2.75. The molecule has 0 radical (unpaired) electrons. The quantitative estimate of drug-likeness (QED) is 0.639. The van der Waals surface area contributed by atoms with Crippen LogP contribution in [-0.2, 0) is 6.54 Å². The van der Waals surface area contributed by atoms with Crippen molar-refractivity contribution >= 4 is 38.9 Å². The lowest BCUT2D eigenvalue weighted by molar-refractivity contribution is 0.570. The second-order valence-corrected chi connectivity index (χ2v) is 5.69. The van der Waals surface area contributed by atoms with E-state index in [2.05, 4.69) is 31.7 Å². The largest absolute Gasteiger partial charge is 0.362 e. The summed E-state index contributed by atoms with van der Waals surface area (Å²) in [6.07, 6.45) is 2.96. The summed E-state index contributed by atoms with van der Waals surface area (Å²) in [5, 5.41) is 11.4. The summed E-state index contributed by atoms with van der Waals surface area (Å²) in [7, 11) is 0. The molecule has 0 unspecified atom stereocenters. The summed E-state index contributed by atoms with van der Waals surface area (Å²) >= 11 is 8.69. The van der Waals surface area contributed by atoms with Crippen molar-refractivity contribution in [1.29, 1.82) is 0 Å². The van der Waals surface area contributed by atoms with Crippen LogP contribution in [0.15, 0.2) is 41.0 Å². The van der Waals surface area contributed by atoms with Crippen LogP contribution >= 0.6 is 28.1 Å². The van der Waals surface area contributed by atoms with E-state index in [0.717, 1.165) is 35.4 Å². The van der Waals surface area contributed by atoms with E-state index in [-0.39, 0.29) is 0 Å². The molecule has 0 amide bonds. The Labute approximate surface area is 132 Å². The molecule has 2 rings (SSSR count). The minimum Gasteiger partial charge on any atom is -0.362 e. The van der Waals surface area contributed by atoms with Crippen LogP contribution in [0.4, 0.5) is 5.69 Å². The molecule has 2 N–H and O–H groups in total. The van der Waals surface area contributed by atoms with Gasteiger partial charge in [0.2, 0.25) is 0 Å². The lowest BCUT2D eigenvalue weighted by Gasteiger charge is -2.10. The lowest BCUT2D eigenvalue weighted by atomic mass is 10.3. The van der Waals surface area contributed by atoms with Gasteiger partial charge in [0.05, 0.1) is 10.2 Å². The van der Waals surface area contributed by atoms with Crippen LogP contribution in [0.5, 0.6) is 0 Å². The fourth-order valence-corrected chi connectivity index (χ4v) is 2.28. The highest BCUT2D eigenvalue weighted by atomic mass is 79.9. The molecule has 0 spiro atoms. The summed E-state index contributed by atoms with van der Waals surface area (Å²) in [4.78, 5) is 0. The van der Waals surface area contributed by atoms with Gasteiger partial charge in [-0.1, -0.05) is 18.2 Å².